The first-order valence-corrected chi connectivity index (χ1v) is 13.4. The molecule has 0 bridgehead atoms. The number of fused-ring (bicyclic) bond motifs is 2. The third-order valence-electron chi connectivity index (χ3n) is 7.35. The van der Waals surface area contributed by atoms with E-state index in [0.717, 1.165) is 69.8 Å². The Morgan fingerprint density at radius 1 is 0.975 bits per heavy atom. The number of aromatic nitrogens is 8. The number of anilines is 1. The number of allylic oxidation sites excluding steroid dienone is 1. The van der Waals surface area contributed by atoms with Crippen molar-refractivity contribution in [3.05, 3.63) is 79.7 Å². The van der Waals surface area contributed by atoms with Crippen molar-refractivity contribution >= 4 is 27.8 Å². The zero-order valence-electron chi connectivity index (χ0n) is 21.9. The molecule has 7 rings (SSSR count). The quantitative estimate of drug-likeness (QED) is 0.218. The molecule has 6 aromatic rings. The van der Waals surface area contributed by atoms with Gasteiger partial charge in [-0.1, -0.05) is 12.6 Å². The molecular weight excluding hydrogens is 500 g/mol. The van der Waals surface area contributed by atoms with Crippen molar-refractivity contribution in [3.8, 4) is 34.0 Å². The molecule has 0 radical (unpaired) electrons. The molecule has 7 heterocycles. The van der Waals surface area contributed by atoms with E-state index in [4.69, 9.17) is 4.98 Å². The summed E-state index contributed by atoms with van der Waals surface area (Å²) < 4.78 is 0. The Morgan fingerprint density at radius 3 is 2.77 bits per heavy atom. The first-order valence-electron chi connectivity index (χ1n) is 13.4. The molecule has 1 fully saturated rings. The smallest absolute Gasteiger partial charge is 0.178 e. The maximum Gasteiger partial charge on any atom is 0.178 e. The summed E-state index contributed by atoms with van der Waals surface area (Å²) in [6.07, 6.45) is 12.3. The van der Waals surface area contributed by atoms with Crippen molar-refractivity contribution in [3.63, 3.8) is 0 Å². The van der Waals surface area contributed by atoms with Crippen molar-refractivity contribution in [2.24, 2.45) is 5.92 Å². The van der Waals surface area contributed by atoms with Gasteiger partial charge in [-0.15, -0.1) is 0 Å². The van der Waals surface area contributed by atoms with Crippen molar-refractivity contribution in [2.45, 2.75) is 19.3 Å². The maximum atomic E-state index is 4.76. The van der Waals surface area contributed by atoms with E-state index in [1.54, 1.807) is 18.6 Å². The van der Waals surface area contributed by atoms with Gasteiger partial charge in [-0.25, -0.2) is 9.97 Å². The van der Waals surface area contributed by atoms with Crippen molar-refractivity contribution < 1.29 is 0 Å². The highest BCUT2D eigenvalue weighted by molar-refractivity contribution is 5.96. The molecule has 0 amide bonds. The normalized spacial score (nSPS) is 14.1. The summed E-state index contributed by atoms with van der Waals surface area (Å²) in [6.45, 7) is 6.42. The molecule has 4 N–H and O–H groups in total. The second-order valence-electron chi connectivity index (χ2n) is 10.1. The van der Waals surface area contributed by atoms with Crippen LogP contribution < -0.4 is 10.6 Å². The molecule has 0 aromatic carbocycles. The Bertz CT molecular complexity index is 1820. The van der Waals surface area contributed by atoms with Crippen molar-refractivity contribution in [2.75, 3.05) is 18.4 Å². The van der Waals surface area contributed by atoms with E-state index in [9.17, 15) is 0 Å². The van der Waals surface area contributed by atoms with E-state index in [-0.39, 0.29) is 0 Å². The monoisotopic (exact) mass is 528 g/mol. The lowest BCUT2D eigenvalue weighted by Crippen LogP contribution is -2.28. The Balaban J connectivity index is 1.19. The highest BCUT2D eigenvalue weighted by Gasteiger charge is 2.18. The lowest BCUT2D eigenvalue weighted by atomic mass is 9.93. The Hall–Kier alpha value is -4.96. The first-order chi connectivity index (χ1) is 19.7. The van der Waals surface area contributed by atoms with Gasteiger partial charge in [-0.3, -0.25) is 20.1 Å². The predicted molar refractivity (Wildman–Crippen MR) is 156 cm³/mol. The molecule has 1 aliphatic heterocycles. The van der Waals surface area contributed by atoms with Gasteiger partial charge < -0.3 is 15.6 Å². The minimum absolute atomic E-state index is 0.608. The van der Waals surface area contributed by atoms with Crippen molar-refractivity contribution in [1.82, 2.24) is 45.4 Å². The number of nitrogens with zero attached hydrogens (tertiary/aromatic N) is 6. The van der Waals surface area contributed by atoms with Crippen molar-refractivity contribution in [1.29, 1.82) is 0 Å². The average Bonchev–Trinajstić information content (AvgIpc) is 3.62. The molecule has 1 aliphatic rings. The van der Waals surface area contributed by atoms with Crippen LogP contribution in [0.4, 0.5) is 5.69 Å². The summed E-state index contributed by atoms with van der Waals surface area (Å²) in [5.74, 6) is 1.28. The SMILES string of the molecule is C=C(CC1CCNCC1)Nc1cncc(-c2cc3c(-c4nc5nccc(-c6ccccn6)c5[nH]4)n[nH]c3cn2)c1. The maximum absolute atomic E-state index is 4.76. The van der Waals surface area contributed by atoms with Gasteiger partial charge in [0.15, 0.2) is 11.5 Å². The van der Waals surface area contributed by atoms with Crippen LogP contribution in [0.1, 0.15) is 19.3 Å². The number of pyridine rings is 4. The topological polar surface area (TPSA) is 133 Å². The van der Waals surface area contributed by atoms with E-state index in [2.05, 4.69) is 58.4 Å². The number of hydrogen-bond acceptors (Lipinski definition) is 8. The molecule has 6 aromatic heterocycles. The van der Waals surface area contributed by atoms with E-state index in [1.165, 1.54) is 12.8 Å². The third-order valence-corrected chi connectivity index (χ3v) is 7.35. The molecular formula is C30H28N10. The van der Waals surface area contributed by atoms with E-state index >= 15 is 0 Å². The van der Waals surface area contributed by atoms with Gasteiger partial charge in [0, 0.05) is 40.8 Å². The van der Waals surface area contributed by atoms with E-state index < -0.39 is 0 Å². The minimum atomic E-state index is 0.608. The molecule has 1 saturated heterocycles. The highest BCUT2D eigenvalue weighted by atomic mass is 15.1. The summed E-state index contributed by atoms with van der Waals surface area (Å²) in [5, 5.41) is 15.4. The lowest BCUT2D eigenvalue weighted by Gasteiger charge is -2.23. The van der Waals surface area contributed by atoms with Crippen LogP contribution in [-0.4, -0.2) is 53.2 Å². The molecule has 0 saturated carbocycles. The van der Waals surface area contributed by atoms with Gasteiger partial charge in [0.05, 0.1) is 40.5 Å². The zero-order chi connectivity index (χ0) is 26.9. The lowest BCUT2D eigenvalue weighted by molar-refractivity contribution is 0.373. The molecule has 0 aliphatic carbocycles. The summed E-state index contributed by atoms with van der Waals surface area (Å²) in [6, 6.07) is 11.8. The number of H-pyrrole nitrogens is 2. The van der Waals surface area contributed by atoms with E-state index in [1.807, 2.05) is 42.7 Å². The zero-order valence-corrected chi connectivity index (χ0v) is 21.9. The van der Waals surface area contributed by atoms with Crippen LogP contribution in [0, 0.1) is 5.92 Å². The summed E-state index contributed by atoms with van der Waals surface area (Å²) in [7, 11) is 0. The van der Waals surface area contributed by atoms with Crippen LogP contribution in [0.25, 0.3) is 56.1 Å². The molecule has 10 nitrogen and oxygen atoms in total. The molecule has 10 heteroatoms. The number of imidazole rings is 1. The van der Waals surface area contributed by atoms with Crippen LogP contribution in [0.2, 0.25) is 0 Å². The van der Waals surface area contributed by atoms with Gasteiger partial charge in [0.2, 0.25) is 0 Å². The number of nitrogens with one attached hydrogen (secondary N) is 4. The number of aromatic amines is 2. The largest absolute Gasteiger partial charge is 0.358 e. The van der Waals surface area contributed by atoms with Crippen LogP contribution in [0.15, 0.2) is 79.7 Å². The molecule has 40 heavy (non-hydrogen) atoms. The van der Waals surface area contributed by atoms with Crippen LogP contribution in [-0.2, 0) is 0 Å². The fourth-order valence-electron chi connectivity index (χ4n) is 5.35. The summed E-state index contributed by atoms with van der Waals surface area (Å²) >= 11 is 0. The van der Waals surface area contributed by atoms with E-state index in [0.29, 0.717) is 23.1 Å². The fourth-order valence-corrected chi connectivity index (χ4v) is 5.35. The Kier molecular flexibility index (Phi) is 6.21. The van der Waals surface area contributed by atoms with Crippen LogP contribution in [0.5, 0.6) is 0 Å². The Labute approximate surface area is 230 Å². The first kappa shape index (κ1) is 24.1. The average molecular weight is 529 g/mol. The Morgan fingerprint density at radius 2 is 1.90 bits per heavy atom. The molecule has 198 valence electrons. The summed E-state index contributed by atoms with van der Waals surface area (Å²) in [5.41, 5.74) is 8.32. The van der Waals surface area contributed by atoms with Crippen LogP contribution >= 0.6 is 0 Å². The van der Waals surface area contributed by atoms with Gasteiger partial charge >= 0.3 is 0 Å². The second-order valence-corrected chi connectivity index (χ2v) is 10.1. The number of piperidine rings is 1. The predicted octanol–water partition coefficient (Wildman–Crippen LogP) is 5.34. The minimum Gasteiger partial charge on any atom is -0.358 e. The number of rotatable bonds is 7. The van der Waals surface area contributed by atoms with Gasteiger partial charge in [-0.2, -0.15) is 5.10 Å². The second kappa shape index (κ2) is 10.3. The summed E-state index contributed by atoms with van der Waals surface area (Å²) in [4.78, 5) is 26.3. The van der Waals surface area contributed by atoms with Gasteiger partial charge in [-0.05, 0) is 68.6 Å². The number of hydrogen-bond donors (Lipinski definition) is 4. The third kappa shape index (κ3) is 4.69. The van der Waals surface area contributed by atoms with Gasteiger partial charge in [0.25, 0.3) is 0 Å². The molecule has 0 spiro atoms. The molecule has 0 unspecified atom stereocenters. The van der Waals surface area contributed by atoms with Crippen LogP contribution in [0.3, 0.4) is 0 Å². The van der Waals surface area contributed by atoms with Gasteiger partial charge in [0.1, 0.15) is 5.69 Å². The highest BCUT2D eigenvalue weighted by Crippen LogP contribution is 2.32. The molecule has 0 atom stereocenters. The standard InChI is InChI=1S/C30H28N10/c1-18(12-19-5-9-31-10-6-19)36-21-13-20(15-32-16-21)25-14-23-26(17-35-25)39-40-28(23)30-37-27-22(7-11-34-29(27)38-30)24-4-2-3-8-33-24/h2-4,7-8,11,13-17,19,31,36H,1,5-6,9-10,12H2,(H,39,40)(H,34,37,38). The fraction of sp³-hybridized carbons (Fsp3) is 0.200.